The van der Waals surface area contributed by atoms with Crippen LogP contribution in [-0.4, -0.2) is 49.0 Å². The third-order valence-corrected chi connectivity index (χ3v) is 3.56. The number of benzene rings is 1. The molecule has 8 heteroatoms. The maximum absolute atomic E-state index is 13.0. The van der Waals surface area contributed by atoms with E-state index < -0.39 is 0 Å². The number of carbonyl (C=O) groups excluding carboxylic acids is 1. The van der Waals surface area contributed by atoms with Crippen LogP contribution in [0.5, 0.6) is 0 Å². The molecular formula is C17H16FN5O2. The van der Waals surface area contributed by atoms with Gasteiger partial charge in [-0.2, -0.15) is 0 Å². The second-order valence-corrected chi connectivity index (χ2v) is 5.34. The van der Waals surface area contributed by atoms with Gasteiger partial charge in [0.05, 0.1) is 18.5 Å². The summed E-state index contributed by atoms with van der Waals surface area (Å²) in [5.74, 6) is -0.711. The molecule has 1 aromatic carbocycles. The Balaban J connectivity index is 1.79. The predicted octanol–water partition coefficient (Wildman–Crippen LogP) is 1.44. The van der Waals surface area contributed by atoms with Gasteiger partial charge in [-0.05, 0) is 35.9 Å². The molecule has 3 aromatic rings. The van der Waals surface area contributed by atoms with Crippen molar-refractivity contribution in [1.29, 1.82) is 0 Å². The zero-order valence-electron chi connectivity index (χ0n) is 13.3. The molecule has 0 spiro atoms. The highest BCUT2D eigenvalue weighted by Gasteiger charge is 2.19. The molecule has 1 N–H and O–H groups in total. The Morgan fingerprint density at radius 2 is 2.04 bits per heavy atom. The molecule has 25 heavy (non-hydrogen) atoms. The first kappa shape index (κ1) is 16.7. The molecule has 0 aliphatic carbocycles. The Morgan fingerprint density at radius 3 is 2.72 bits per heavy atom. The fourth-order valence-electron chi connectivity index (χ4n) is 2.33. The van der Waals surface area contributed by atoms with Gasteiger partial charge < -0.3 is 10.0 Å². The van der Waals surface area contributed by atoms with E-state index in [2.05, 4.69) is 15.3 Å². The van der Waals surface area contributed by atoms with Gasteiger partial charge in [0.25, 0.3) is 5.91 Å². The Bertz CT molecular complexity index is 836. The number of hydrogen-bond acceptors (Lipinski definition) is 5. The first-order chi connectivity index (χ1) is 12.2. The Hall–Kier alpha value is -3.13. The Morgan fingerprint density at radius 1 is 1.24 bits per heavy atom. The van der Waals surface area contributed by atoms with Crippen LogP contribution in [0.3, 0.4) is 0 Å². The van der Waals surface area contributed by atoms with Gasteiger partial charge in [-0.25, -0.2) is 9.07 Å². The van der Waals surface area contributed by atoms with Gasteiger partial charge in [-0.1, -0.05) is 11.3 Å². The molecule has 128 valence electrons. The number of rotatable bonds is 6. The summed E-state index contributed by atoms with van der Waals surface area (Å²) in [5, 5.41) is 17.0. The van der Waals surface area contributed by atoms with Gasteiger partial charge in [0.1, 0.15) is 5.82 Å². The lowest BCUT2D eigenvalue weighted by atomic mass is 10.2. The summed E-state index contributed by atoms with van der Waals surface area (Å²) in [4.78, 5) is 18.1. The van der Waals surface area contributed by atoms with Crippen LogP contribution in [0.2, 0.25) is 0 Å². The highest BCUT2D eigenvalue weighted by atomic mass is 19.1. The number of carbonyl (C=O) groups is 1. The zero-order chi connectivity index (χ0) is 17.6. The van der Waals surface area contributed by atoms with Crippen LogP contribution >= 0.6 is 0 Å². The summed E-state index contributed by atoms with van der Waals surface area (Å²) in [6.45, 7) is 0.297. The van der Waals surface area contributed by atoms with Crippen LogP contribution < -0.4 is 0 Å². The molecule has 0 radical (unpaired) electrons. The molecule has 0 bridgehead atoms. The predicted molar refractivity (Wildman–Crippen MR) is 87.4 cm³/mol. The fourth-order valence-corrected chi connectivity index (χ4v) is 2.33. The summed E-state index contributed by atoms with van der Waals surface area (Å²) in [5.41, 5.74) is 1.57. The lowest BCUT2D eigenvalue weighted by Crippen LogP contribution is -2.33. The van der Waals surface area contributed by atoms with Gasteiger partial charge in [0.2, 0.25) is 0 Å². The number of halogens is 1. The van der Waals surface area contributed by atoms with E-state index in [-0.39, 0.29) is 30.6 Å². The molecule has 0 aliphatic heterocycles. The van der Waals surface area contributed by atoms with Gasteiger partial charge >= 0.3 is 0 Å². The van der Waals surface area contributed by atoms with Crippen molar-refractivity contribution in [2.75, 3.05) is 13.2 Å². The lowest BCUT2D eigenvalue weighted by molar-refractivity contribution is 0.0701. The molecule has 0 saturated carbocycles. The van der Waals surface area contributed by atoms with Crippen molar-refractivity contribution in [3.8, 4) is 5.69 Å². The van der Waals surface area contributed by atoms with Crippen LogP contribution in [0.25, 0.3) is 5.69 Å². The largest absolute Gasteiger partial charge is 0.395 e. The van der Waals surface area contributed by atoms with Gasteiger partial charge in [0, 0.05) is 25.5 Å². The number of amides is 1. The summed E-state index contributed by atoms with van der Waals surface area (Å²) in [6.07, 6.45) is 4.78. The average molecular weight is 341 g/mol. The minimum Gasteiger partial charge on any atom is -0.395 e. The first-order valence-electron chi connectivity index (χ1n) is 7.64. The molecule has 2 heterocycles. The number of aromatic nitrogens is 4. The maximum atomic E-state index is 13.0. The SMILES string of the molecule is O=C(c1cn(-c2ccc(F)cc2)nn1)N(CCO)Cc1cccnc1. The number of pyridine rings is 1. The fraction of sp³-hybridized carbons (Fsp3) is 0.176. The topological polar surface area (TPSA) is 84.1 Å². The molecule has 7 nitrogen and oxygen atoms in total. The van der Waals surface area contributed by atoms with E-state index in [1.54, 1.807) is 30.6 Å². The van der Waals surface area contributed by atoms with E-state index in [0.717, 1.165) is 5.56 Å². The van der Waals surface area contributed by atoms with E-state index in [1.807, 2.05) is 6.07 Å². The highest BCUT2D eigenvalue weighted by molar-refractivity contribution is 5.92. The van der Waals surface area contributed by atoms with E-state index in [0.29, 0.717) is 12.2 Å². The monoisotopic (exact) mass is 341 g/mol. The third kappa shape index (κ3) is 4.04. The third-order valence-electron chi connectivity index (χ3n) is 3.56. The van der Waals surface area contributed by atoms with Crippen molar-refractivity contribution in [3.63, 3.8) is 0 Å². The van der Waals surface area contributed by atoms with Gasteiger partial charge in [0.15, 0.2) is 5.69 Å². The van der Waals surface area contributed by atoms with Crippen LogP contribution in [0.15, 0.2) is 55.0 Å². The van der Waals surface area contributed by atoms with Crippen LogP contribution in [-0.2, 0) is 6.54 Å². The van der Waals surface area contributed by atoms with E-state index in [1.165, 1.54) is 27.9 Å². The van der Waals surface area contributed by atoms with Crippen molar-refractivity contribution < 1.29 is 14.3 Å². The quantitative estimate of drug-likeness (QED) is 0.733. The molecule has 0 atom stereocenters. The smallest absolute Gasteiger partial charge is 0.276 e. The maximum Gasteiger partial charge on any atom is 0.276 e. The van der Waals surface area contributed by atoms with Crippen molar-refractivity contribution in [2.24, 2.45) is 0 Å². The van der Waals surface area contributed by atoms with Crippen LogP contribution in [0.1, 0.15) is 16.1 Å². The van der Waals surface area contributed by atoms with Crippen LogP contribution in [0.4, 0.5) is 4.39 Å². The standard InChI is InChI=1S/C17H16FN5O2/c18-14-3-5-15(6-4-14)23-12-16(20-21-23)17(25)22(8-9-24)11-13-2-1-7-19-10-13/h1-7,10,12,24H,8-9,11H2. The minimum absolute atomic E-state index is 0.140. The summed E-state index contributed by atoms with van der Waals surface area (Å²) >= 11 is 0. The molecule has 0 fully saturated rings. The Kier molecular flexibility index (Phi) is 5.10. The van der Waals surface area contributed by atoms with E-state index in [4.69, 9.17) is 0 Å². The molecule has 2 aromatic heterocycles. The number of aliphatic hydroxyl groups excluding tert-OH is 1. The molecule has 0 aliphatic rings. The minimum atomic E-state index is -0.356. The Labute approximate surface area is 143 Å². The molecule has 0 unspecified atom stereocenters. The van der Waals surface area contributed by atoms with Crippen LogP contribution in [0, 0.1) is 5.82 Å². The van der Waals surface area contributed by atoms with Crippen molar-refractivity contribution in [1.82, 2.24) is 24.9 Å². The second-order valence-electron chi connectivity index (χ2n) is 5.34. The van der Waals surface area contributed by atoms with Gasteiger partial charge in [-0.3, -0.25) is 9.78 Å². The summed E-state index contributed by atoms with van der Waals surface area (Å²) in [6, 6.07) is 9.32. The van der Waals surface area contributed by atoms with E-state index in [9.17, 15) is 14.3 Å². The summed E-state index contributed by atoms with van der Waals surface area (Å²) in [7, 11) is 0. The average Bonchev–Trinajstić information content (AvgIpc) is 3.12. The molecule has 0 saturated heterocycles. The lowest BCUT2D eigenvalue weighted by Gasteiger charge is -2.20. The molecule has 1 amide bonds. The van der Waals surface area contributed by atoms with Crippen molar-refractivity contribution in [2.45, 2.75) is 6.54 Å². The van der Waals surface area contributed by atoms with Crippen molar-refractivity contribution in [3.05, 3.63) is 72.1 Å². The number of nitrogens with zero attached hydrogens (tertiary/aromatic N) is 5. The number of hydrogen-bond donors (Lipinski definition) is 1. The zero-order valence-corrected chi connectivity index (χ0v) is 13.3. The number of aliphatic hydroxyl groups is 1. The first-order valence-corrected chi connectivity index (χ1v) is 7.64. The molecular weight excluding hydrogens is 325 g/mol. The van der Waals surface area contributed by atoms with Gasteiger partial charge in [-0.15, -0.1) is 5.10 Å². The normalized spacial score (nSPS) is 10.6. The highest BCUT2D eigenvalue weighted by Crippen LogP contribution is 2.11. The summed E-state index contributed by atoms with van der Waals surface area (Å²) < 4.78 is 14.4. The second kappa shape index (κ2) is 7.63. The van der Waals surface area contributed by atoms with E-state index >= 15 is 0 Å². The van der Waals surface area contributed by atoms with Crippen molar-refractivity contribution >= 4 is 5.91 Å². The molecule has 3 rings (SSSR count).